The van der Waals surface area contributed by atoms with Crippen molar-refractivity contribution in [3.8, 4) is 11.5 Å². The normalized spacial score (nSPS) is 17.2. The maximum absolute atomic E-state index is 13.5. The average Bonchev–Trinajstić information content (AvgIpc) is 3.27. The number of amides is 2. The Balaban J connectivity index is 1.33. The van der Waals surface area contributed by atoms with E-state index in [1.165, 1.54) is 10.4 Å². The molecule has 0 saturated heterocycles. The van der Waals surface area contributed by atoms with Crippen LogP contribution in [0, 0.1) is 18.8 Å². The Kier molecular flexibility index (Phi) is 6.09. The van der Waals surface area contributed by atoms with E-state index >= 15 is 0 Å². The van der Waals surface area contributed by atoms with Gasteiger partial charge in [0.1, 0.15) is 0 Å². The maximum atomic E-state index is 13.5. The van der Waals surface area contributed by atoms with E-state index in [1.807, 2.05) is 28.0 Å². The van der Waals surface area contributed by atoms with Crippen LogP contribution in [0.4, 0.5) is 0 Å². The Bertz CT molecular complexity index is 996. The van der Waals surface area contributed by atoms with Gasteiger partial charge >= 0.3 is 0 Å². The number of fused-ring (bicyclic) bond motifs is 1. The van der Waals surface area contributed by atoms with Crippen molar-refractivity contribution in [2.24, 2.45) is 11.8 Å². The largest absolute Gasteiger partial charge is 0.454 e. The summed E-state index contributed by atoms with van der Waals surface area (Å²) >= 11 is 1.67. The second-order valence-electron chi connectivity index (χ2n) is 9.25. The molecule has 5 rings (SSSR count). The zero-order valence-electron chi connectivity index (χ0n) is 18.5. The summed E-state index contributed by atoms with van der Waals surface area (Å²) in [6.07, 6.45) is 5.37. The Morgan fingerprint density at radius 1 is 1.03 bits per heavy atom. The highest BCUT2D eigenvalue weighted by Gasteiger charge is 2.34. The number of nitrogens with zero attached hydrogens (tertiary/aromatic N) is 2. The van der Waals surface area contributed by atoms with E-state index in [-0.39, 0.29) is 31.1 Å². The summed E-state index contributed by atoms with van der Waals surface area (Å²) in [5.41, 5.74) is 2.19. The molecule has 2 aromatic rings. The number of aryl methyl sites for hydroxylation is 1. The third kappa shape index (κ3) is 4.77. The number of thiophene rings is 1. The fourth-order valence-corrected chi connectivity index (χ4v) is 5.17. The van der Waals surface area contributed by atoms with Crippen LogP contribution in [0.2, 0.25) is 0 Å². The van der Waals surface area contributed by atoms with Crippen molar-refractivity contribution in [2.75, 3.05) is 19.9 Å². The molecule has 1 aliphatic heterocycles. The first-order chi connectivity index (χ1) is 15.6. The molecular formula is C25H30N2O4S. The highest BCUT2D eigenvalue weighted by Crippen LogP contribution is 2.34. The summed E-state index contributed by atoms with van der Waals surface area (Å²) in [6, 6.07) is 7.92. The Morgan fingerprint density at radius 3 is 2.53 bits per heavy atom. The fourth-order valence-electron chi connectivity index (χ4n) is 4.25. The van der Waals surface area contributed by atoms with Gasteiger partial charge in [-0.25, -0.2) is 0 Å². The summed E-state index contributed by atoms with van der Waals surface area (Å²) in [5.74, 6) is 2.31. The molecule has 2 heterocycles. The predicted molar refractivity (Wildman–Crippen MR) is 123 cm³/mol. The van der Waals surface area contributed by atoms with Crippen molar-refractivity contribution in [2.45, 2.75) is 52.1 Å². The number of carbonyl (C=O) groups is 2. The summed E-state index contributed by atoms with van der Waals surface area (Å²) in [7, 11) is 0. The molecule has 0 spiro atoms. The van der Waals surface area contributed by atoms with E-state index in [0.717, 1.165) is 55.7 Å². The minimum absolute atomic E-state index is 0.00351. The molecule has 0 radical (unpaired) electrons. The minimum Gasteiger partial charge on any atom is -0.454 e. The molecule has 0 N–H and O–H groups in total. The first kappa shape index (κ1) is 21.3. The van der Waals surface area contributed by atoms with Gasteiger partial charge in [-0.3, -0.25) is 9.59 Å². The lowest BCUT2D eigenvalue weighted by molar-refractivity contribution is -0.145. The fraction of sp³-hybridized carbons (Fsp3) is 0.520. The topological polar surface area (TPSA) is 59.1 Å². The van der Waals surface area contributed by atoms with E-state index in [1.54, 1.807) is 11.3 Å². The van der Waals surface area contributed by atoms with Crippen LogP contribution in [-0.2, 0) is 22.7 Å². The molecule has 2 fully saturated rings. The molecule has 1 aromatic carbocycles. The van der Waals surface area contributed by atoms with Crippen LogP contribution in [0.3, 0.4) is 0 Å². The average molecular weight is 455 g/mol. The molecule has 2 aliphatic carbocycles. The molecule has 0 unspecified atom stereocenters. The molecule has 170 valence electrons. The van der Waals surface area contributed by atoms with Crippen molar-refractivity contribution in [3.05, 3.63) is 45.6 Å². The van der Waals surface area contributed by atoms with Crippen LogP contribution >= 0.6 is 11.3 Å². The molecule has 1 aromatic heterocycles. The number of carbonyl (C=O) groups excluding carboxylic acids is 2. The first-order valence-electron chi connectivity index (χ1n) is 11.5. The van der Waals surface area contributed by atoms with E-state index in [9.17, 15) is 9.59 Å². The Morgan fingerprint density at radius 2 is 1.84 bits per heavy atom. The molecule has 6 nitrogen and oxygen atoms in total. The Hall–Kier alpha value is -2.54. The van der Waals surface area contributed by atoms with E-state index in [4.69, 9.17) is 9.47 Å². The van der Waals surface area contributed by atoms with Crippen molar-refractivity contribution in [3.63, 3.8) is 0 Å². The molecule has 32 heavy (non-hydrogen) atoms. The van der Waals surface area contributed by atoms with Crippen LogP contribution in [0.1, 0.15) is 48.1 Å². The monoisotopic (exact) mass is 454 g/mol. The Labute approximate surface area is 193 Å². The number of hydrogen-bond donors (Lipinski definition) is 0. The van der Waals surface area contributed by atoms with Gasteiger partial charge in [-0.05, 0) is 73.2 Å². The molecule has 7 heteroatoms. The number of hydrogen-bond acceptors (Lipinski definition) is 5. The van der Waals surface area contributed by atoms with Gasteiger partial charge in [-0.2, -0.15) is 0 Å². The van der Waals surface area contributed by atoms with Crippen LogP contribution in [0.25, 0.3) is 0 Å². The van der Waals surface area contributed by atoms with Gasteiger partial charge in [0.15, 0.2) is 11.5 Å². The molecule has 0 atom stereocenters. The molecule has 2 saturated carbocycles. The van der Waals surface area contributed by atoms with Crippen molar-refractivity contribution >= 4 is 23.2 Å². The third-order valence-electron chi connectivity index (χ3n) is 6.73. The van der Waals surface area contributed by atoms with Gasteiger partial charge in [-0.15, -0.1) is 11.3 Å². The second-order valence-corrected chi connectivity index (χ2v) is 10.3. The SMILES string of the molecule is Cc1ccsc1CN(Cc1ccc2c(c1)OCO2)C(=O)CN(CC1CC1)C(=O)C1CCC1. The van der Waals surface area contributed by atoms with Crippen LogP contribution < -0.4 is 9.47 Å². The summed E-state index contributed by atoms with van der Waals surface area (Å²) in [5, 5.41) is 2.06. The van der Waals surface area contributed by atoms with Crippen molar-refractivity contribution in [1.82, 2.24) is 9.80 Å². The lowest BCUT2D eigenvalue weighted by Crippen LogP contribution is -2.46. The van der Waals surface area contributed by atoms with E-state index in [0.29, 0.717) is 19.0 Å². The summed E-state index contributed by atoms with van der Waals surface area (Å²) in [6.45, 7) is 4.22. The number of rotatable bonds is 9. The van der Waals surface area contributed by atoms with Crippen LogP contribution in [0.5, 0.6) is 11.5 Å². The zero-order chi connectivity index (χ0) is 22.1. The smallest absolute Gasteiger partial charge is 0.242 e. The molecule has 3 aliphatic rings. The highest BCUT2D eigenvalue weighted by molar-refractivity contribution is 7.10. The number of benzene rings is 1. The lowest BCUT2D eigenvalue weighted by Gasteiger charge is -2.33. The molecular weight excluding hydrogens is 424 g/mol. The van der Waals surface area contributed by atoms with E-state index < -0.39 is 0 Å². The summed E-state index contributed by atoms with van der Waals surface area (Å²) in [4.78, 5) is 31.5. The van der Waals surface area contributed by atoms with Crippen LogP contribution in [-0.4, -0.2) is 41.5 Å². The maximum Gasteiger partial charge on any atom is 0.242 e. The van der Waals surface area contributed by atoms with Gasteiger partial charge in [0.2, 0.25) is 18.6 Å². The highest BCUT2D eigenvalue weighted by atomic mass is 32.1. The van der Waals surface area contributed by atoms with Gasteiger partial charge in [0, 0.05) is 23.9 Å². The summed E-state index contributed by atoms with van der Waals surface area (Å²) < 4.78 is 10.9. The standard InChI is InChI=1S/C25H30N2O4S/c1-17-9-10-32-23(17)14-26(13-19-7-8-21-22(11-19)31-16-30-21)24(28)15-27(12-18-5-6-18)25(29)20-3-2-4-20/h7-11,18,20H,2-6,12-16H2,1H3. The van der Waals surface area contributed by atoms with Gasteiger partial charge in [-0.1, -0.05) is 12.5 Å². The lowest BCUT2D eigenvalue weighted by atomic mass is 9.84. The second kappa shape index (κ2) is 9.14. The molecule has 2 amide bonds. The predicted octanol–water partition coefficient (Wildman–Crippen LogP) is 4.35. The van der Waals surface area contributed by atoms with Crippen LogP contribution in [0.15, 0.2) is 29.6 Å². The molecule has 0 bridgehead atoms. The number of ether oxygens (including phenoxy) is 2. The first-order valence-corrected chi connectivity index (χ1v) is 12.4. The van der Waals surface area contributed by atoms with Crippen molar-refractivity contribution in [1.29, 1.82) is 0 Å². The zero-order valence-corrected chi connectivity index (χ0v) is 19.4. The van der Waals surface area contributed by atoms with E-state index in [2.05, 4.69) is 18.4 Å². The van der Waals surface area contributed by atoms with Gasteiger partial charge < -0.3 is 19.3 Å². The minimum atomic E-state index is 0.00351. The third-order valence-corrected chi connectivity index (χ3v) is 7.74. The van der Waals surface area contributed by atoms with Gasteiger partial charge in [0.05, 0.1) is 13.1 Å². The quantitative estimate of drug-likeness (QED) is 0.565. The van der Waals surface area contributed by atoms with Gasteiger partial charge in [0.25, 0.3) is 0 Å². The van der Waals surface area contributed by atoms with Crippen molar-refractivity contribution < 1.29 is 19.1 Å².